The molecular formula is C34H34F2N3O6PS. The van der Waals surface area contributed by atoms with Crippen molar-refractivity contribution in [1.82, 2.24) is 15.1 Å². The summed E-state index contributed by atoms with van der Waals surface area (Å²) in [4.78, 5) is 64.0. The molecule has 2 aliphatic heterocycles. The van der Waals surface area contributed by atoms with Crippen molar-refractivity contribution in [2.75, 3.05) is 0 Å². The van der Waals surface area contributed by atoms with Crippen LogP contribution in [-0.4, -0.2) is 49.4 Å². The minimum absolute atomic E-state index is 0.130. The number of nitrogens with zero attached hydrogens (tertiary/aromatic N) is 2. The van der Waals surface area contributed by atoms with Crippen molar-refractivity contribution < 1.29 is 37.5 Å². The van der Waals surface area contributed by atoms with Crippen molar-refractivity contribution in [3.05, 3.63) is 105 Å². The third kappa shape index (κ3) is 6.23. The Balaban J connectivity index is 1.28. The van der Waals surface area contributed by atoms with Crippen molar-refractivity contribution in [3.8, 4) is 0 Å². The molecule has 9 nitrogen and oxygen atoms in total. The van der Waals surface area contributed by atoms with Gasteiger partial charge in [-0.3, -0.25) is 18.9 Å². The molecule has 3 heterocycles. The second kappa shape index (κ2) is 11.9. The molecular weight excluding hydrogens is 647 g/mol. The number of fused-ring (bicyclic) bond motifs is 3. The zero-order chi connectivity index (χ0) is 33.9. The first-order chi connectivity index (χ1) is 22.0. The average Bonchev–Trinajstić information content (AvgIpc) is 3.65. The summed E-state index contributed by atoms with van der Waals surface area (Å²) in [6.07, 6.45) is 0.330. The smallest absolute Gasteiger partial charge is 0.339 e. The normalized spacial score (nSPS) is 17.3. The van der Waals surface area contributed by atoms with Gasteiger partial charge in [0.1, 0.15) is 12.1 Å². The number of amides is 3. The Morgan fingerprint density at radius 2 is 1.47 bits per heavy atom. The Hall–Kier alpha value is -3.96. The largest absolute Gasteiger partial charge is 0.399 e. The lowest BCUT2D eigenvalue weighted by Crippen LogP contribution is -2.60. The molecule has 13 heteroatoms. The molecule has 0 radical (unpaired) electrons. The maximum atomic E-state index is 14.5. The highest BCUT2D eigenvalue weighted by Crippen LogP contribution is 2.59. The first kappa shape index (κ1) is 33.0. The van der Waals surface area contributed by atoms with Crippen molar-refractivity contribution in [3.63, 3.8) is 0 Å². The number of thiophene rings is 1. The van der Waals surface area contributed by atoms with Crippen LogP contribution in [-0.2, 0) is 45.9 Å². The van der Waals surface area contributed by atoms with Crippen LogP contribution in [0.1, 0.15) is 58.3 Å². The highest BCUT2D eigenvalue weighted by molar-refractivity contribution is 7.52. The molecule has 246 valence electrons. The summed E-state index contributed by atoms with van der Waals surface area (Å²) in [5.41, 5.74) is -2.01. The Kier molecular flexibility index (Phi) is 8.37. The fraction of sp³-hybridized carbons (Fsp3) is 0.324. The van der Waals surface area contributed by atoms with E-state index in [0.717, 1.165) is 45.7 Å². The van der Waals surface area contributed by atoms with Gasteiger partial charge in [0.2, 0.25) is 11.8 Å². The van der Waals surface area contributed by atoms with Crippen LogP contribution in [0, 0.1) is 5.41 Å². The molecule has 2 atom stereocenters. The van der Waals surface area contributed by atoms with Gasteiger partial charge in [0, 0.05) is 36.3 Å². The van der Waals surface area contributed by atoms with Gasteiger partial charge in [-0.1, -0.05) is 75.4 Å². The van der Waals surface area contributed by atoms with E-state index in [1.165, 1.54) is 12.1 Å². The van der Waals surface area contributed by atoms with Gasteiger partial charge in [-0.2, -0.15) is 8.78 Å². The maximum Gasteiger partial charge on any atom is 0.399 e. The van der Waals surface area contributed by atoms with E-state index in [9.17, 15) is 27.7 Å². The van der Waals surface area contributed by atoms with Gasteiger partial charge in [-0.05, 0) is 51.3 Å². The fourth-order valence-electron chi connectivity index (χ4n) is 6.20. The summed E-state index contributed by atoms with van der Waals surface area (Å²) in [5, 5.41) is 3.05. The molecule has 0 bridgehead atoms. The zero-order valence-corrected chi connectivity index (χ0v) is 27.7. The molecule has 0 saturated heterocycles. The number of rotatable bonds is 6. The highest BCUT2D eigenvalue weighted by atomic mass is 32.1. The number of hydrogen-bond acceptors (Lipinski definition) is 5. The van der Waals surface area contributed by atoms with E-state index in [-0.39, 0.29) is 22.7 Å². The predicted octanol–water partition coefficient (Wildman–Crippen LogP) is 5.77. The molecule has 47 heavy (non-hydrogen) atoms. The lowest BCUT2D eigenvalue weighted by molar-refractivity contribution is -0.150. The number of carbonyl (C=O) groups excluding carboxylic acids is 3. The average molecular weight is 682 g/mol. The van der Waals surface area contributed by atoms with E-state index in [0.29, 0.717) is 24.2 Å². The zero-order valence-electron chi connectivity index (χ0n) is 25.9. The molecule has 0 saturated carbocycles. The van der Waals surface area contributed by atoms with Crippen LogP contribution in [0.15, 0.2) is 72.8 Å². The Morgan fingerprint density at radius 1 is 0.894 bits per heavy atom. The van der Waals surface area contributed by atoms with E-state index >= 15 is 0 Å². The molecule has 3 aromatic carbocycles. The van der Waals surface area contributed by atoms with Gasteiger partial charge < -0.3 is 24.9 Å². The molecule has 3 amide bonds. The van der Waals surface area contributed by atoms with Gasteiger partial charge in [-0.25, -0.2) is 0 Å². The number of benzene rings is 3. The minimum Gasteiger partial charge on any atom is -0.339 e. The third-order valence-corrected chi connectivity index (χ3v) is 10.9. The molecule has 2 aliphatic rings. The second-order valence-corrected chi connectivity index (χ2v) is 15.9. The SMILES string of the molecule is CC(C)(C)[C@H](NC(=O)c1cc2cc(C(F)(F)P(=O)(O)O)ccc2s1)C(=O)N1Cc2ccccc2CC1C(=O)N1Cc2ccccc2C1. The van der Waals surface area contributed by atoms with Crippen LogP contribution >= 0.6 is 18.9 Å². The van der Waals surface area contributed by atoms with E-state index in [4.69, 9.17) is 9.79 Å². The van der Waals surface area contributed by atoms with Crippen LogP contribution in [0.3, 0.4) is 0 Å². The highest BCUT2D eigenvalue weighted by Gasteiger charge is 2.50. The lowest BCUT2D eigenvalue weighted by atomic mass is 9.84. The van der Waals surface area contributed by atoms with Crippen LogP contribution in [0.2, 0.25) is 0 Å². The predicted molar refractivity (Wildman–Crippen MR) is 174 cm³/mol. The Labute approximate surface area is 274 Å². The van der Waals surface area contributed by atoms with Crippen molar-refractivity contribution in [2.24, 2.45) is 5.41 Å². The molecule has 0 fully saturated rings. The summed E-state index contributed by atoms with van der Waals surface area (Å²) in [5.74, 6) is -1.20. The summed E-state index contributed by atoms with van der Waals surface area (Å²) in [7, 11) is -5.78. The van der Waals surface area contributed by atoms with Gasteiger partial charge >= 0.3 is 13.3 Å². The lowest BCUT2D eigenvalue weighted by Gasteiger charge is -2.42. The van der Waals surface area contributed by atoms with E-state index < -0.39 is 48.1 Å². The number of hydrogen-bond donors (Lipinski definition) is 3. The summed E-state index contributed by atoms with van der Waals surface area (Å²) in [6.45, 7) is 6.51. The van der Waals surface area contributed by atoms with Gasteiger partial charge in [0.15, 0.2) is 0 Å². The van der Waals surface area contributed by atoms with E-state index in [1.807, 2.05) is 69.3 Å². The molecule has 0 spiro atoms. The fourth-order valence-corrected chi connectivity index (χ4v) is 7.62. The number of nitrogens with one attached hydrogen (secondary N) is 1. The number of alkyl halides is 2. The first-order valence-electron chi connectivity index (χ1n) is 15.1. The number of halogens is 2. The minimum atomic E-state index is -5.78. The summed E-state index contributed by atoms with van der Waals surface area (Å²) < 4.78 is 40.6. The second-order valence-electron chi connectivity index (χ2n) is 13.1. The van der Waals surface area contributed by atoms with Crippen molar-refractivity contribution in [1.29, 1.82) is 0 Å². The topological polar surface area (TPSA) is 127 Å². The van der Waals surface area contributed by atoms with Crippen molar-refractivity contribution >= 4 is 46.7 Å². The quantitative estimate of drug-likeness (QED) is 0.222. The Morgan fingerprint density at radius 3 is 2.04 bits per heavy atom. The molecule has 1 unspecified atom stereocenters. The van der Waals surface area contributed by atoms with Gasteiger partial charge in [-0.15, -0.1) is 11.3 Å². The van der Waals surface area contributed by atoms with Crippen LogP contribution < -0.4 is 5.32 Å². The van der Waals surface area contributed by atoms with E-state index in [1.54, 1.807) is 9.80 Å². The number of carbonyl (C=O) groups is 3. The first-order valence-corrected chi connectivity index (χ1v) is 17.5. The molecule has 4 aromatic rings. The van der Waals surface area contributed by atoms with E-state index in [2.05, 4.69) is 5.32 Å². The van der Waals surface area contributed by atoms with Crippen molar-refractivity contribution in [2.45, 2.75) is 64.6 Å². The molecule has 6 rings (SSSR count). The van der Waals surface area contributed by atoms with Gasteiger partial charge in [0.25, 0.3) is 5.91 Å². The standard InChI is InChI=1S/C34H34F2N3O6PS/c1-33(2,3)29(37-30(40)28-16-24-14-25(12-13-27(24)47-28)34(35,36)46(43,44)45)32(42)39-19-23-11-5-4-8-20(23)15-26(39)31(41)38-17-21-9-6-7-10-22(21)18-38/h4-14,16,26,29H,15,17-19H2,1-3H3,(H,37,40)(H2,43,44,45)/t26?,29-/m1/s1. The van der Waals surface area contributed by atoms with Crippen LogP contribution in [0.25, 0.3) is 10.1 Å². The van der Waals surface area contributed by atoms with Crippen LogP contribution in [0.4, 0.5) is 8.78 Å². The molecule has 1 aromatic heterocycles. The molecule has 3 N–H and O–H groups in total. The summed E-state index contributed by atoms with van der Waals surface area (Å²) in [6, 6.07) is 18.2. The summed E-state index contributed by atoms with van der Waals surface area (Å²) >= 11 is 1.00. The monoisotopic (exact) mass is 681 g/mol. The maximum absolute atomic E-state index is 14.5. The van der Waals surface area contributed by atoms with Crippen LogP contribution in [0.5, 0.6) is 0 Å². The third-order valence-electron chi connectivity index (χ3n) is 8.81. The Bertz CT molecular complexity index is 1930. The van der Waals surface area contributed by atoms with Gasteiger partial charge in [0.05, 0.1) is 4.88 Å². The molecule has 0 aliphatic carbocycles.